The van der Waals surface area contributed by atoms with E-state index in [1.54, 1.807) is 41.3 Å². The van der Waals surface area contributed by atoms with Crippen LogP contribution < -0.4 is 20.9 Å². The lowest BCUT2D eigenvalue weighted by Gasteiger charge is -2.38. The highest BCUT2D eigenvalue weighted by Crippen LogP contribution is 2.29. The zero-order valence-corrected chi connectivity index (χ0v) is 39.0. The summed E-state index contributed by atoms with van der Waals surface area (Å²) in [6.45, 7) is 9.03. The first-order valence-electron chi connectivity index (χ1n) is 23.1. The Kier molecular flexibility index (Phi) is 18.8. The van der Waals surface area contributed by atoms with Crippen LogP contribution in [0.2, 0.25) is 0 Å². The molecular formula is C54H63N5O9. The second kappa shape index (κ2) is 25.3. The number of aliphatic hydroxyl groups is 1. The van der Waals surface area contributed by atoms with Gasteiger partial charge in [-0.2, -0.15) is 0 Å². The van der Waals surface area contributed by atoms with Gasteiger partial charge in [-0.05, 0) is 142 Å². The molecule has 3 saturated heterocycles. The van der Waals surface area contributed by atoms with Crippen molar-refractivity contribution in [2.75, 3.05) is 46.4 Å². The first kappa shape index (κ1) is 50.6. The number of hydrogen-bond acceptors (Lipinski definition) is 11. The number of esters is 1. The van der Waals surface area contributed by atoms with Gasteiger partial charge in [0.2, 0.25) is 5.56 Å². The molecule has 3 fully saturated rings. The number of hydrogen-bond donors (Lipinski definition) is 6. The van der Waals surface area contributed by atoms with Crippen molar-refractivity contribution in [3.05, 3.63) is 177 Å². The van der Waals surface area contributed by atoms with Gasteiger partial charge >= 0.3 is 5.97 Å². The molecule has 0 radical (unpaired) electrons. The molecule has 0 saturated carbocycles. The summed E-state index contributed by atoms with van der Waals surface area (Å²) in [7, 11) is 1.94. The molecule has 5 aromatic carbocycles. The number of carboxylic acid groups (broad SMARTS) is 1. The maximum Gasteiger partial charge on any atom is 0.338 e. The summed E-state index contributed by atoms with van der Waals surface area (Å²) < 4.78 is 11.7. The minimum absolute atomic E-state index is 0.0390. The van der Waals surface area contributed by atoms with E-state index in [9.17, 15) is 24.6 Å². The second-order valence-corrected chi connectivity index (χ2v) is 17.2. The molecule has 6 aromatic rings. The Morgan fingerprint density at radius 1 is 0.838 bits per heavy atom. The van der Waals surface area contributed by atoms with Crippen molar-refractivity contribution >= 4 is 29.3 Å². The van der Waals surface area contributed by atoms with E-state index in [4.69, 9.17) is 19.4 Å². The normalized spacial score (nSPS) is 15.8. The third-order valence-electron chi connectivity index (χ3n) is 12.4. The number of phenolic OH excluding ortho intramolecular Hbond substituents is 1. The first-order valence-corrected chi connectivity index (χ1v) is 23.1. The molecule has 2 unspecified atom stereocenters. The monoisotopic (exact) mass is 925 g/mol. The standard InChI is InChI=1S/C46H48N4O7.C7H13N.CH2O2/c1-30(2)50(45(54)34-16-12-31(13-17-34)27-48-28-41(52)38-20-22-40(51)44-39(38)21-23-42(53)49-44)24-25-56-46(55)35-18-14-32(15-19-35)29-57-37-11-7-10-36(26-37)43(47-3)33-8-5-4-6-9-33;1-4-8-5-2-7(1)3-6-8;2-1-3/h4-23,26,30,41,43,47-48,51-52H,24-25,27-29H2,1-3H3,(H,49,53);7H,1-6H2;1H,(H,2,3). The number of benzene rings is 5. The van der Waals surface area contributed by atoms with Crippen molar-refractivity contribution in [3.8, 4) is 11.5 Å². The van der Waals surface area contributed by atoms with Crippen molar-refractivity contribution in [1.29, 1.82) is 0 Å². The van der Waals surface area contributed by atoms with Crippen LogP contribution in [0.3, 0.4) is 0 Å². The summed E-state index contributed by atoms with van der Waals surface area (Å²) in [5.74, 6) is 1.15. The molecule has 3 aliphatic rings. The predicted molar refractivity (Wildman–Crippen MR) is 263 cm³/mol. The molecule has 0 aliphatic carbocycles. The molecule has 9 rings (SSSR count). The minimum atomic E-state index is -0.889. The fourth-order valence-electron chi connectivity index (χ4n) is 8.58. The largest absolute Gasteiger partial charge is 0.506 e. The van der Waals surface area contributed by atoms with Crippen molar-refractivity contribution in [2.24, 2.45) is 5.92 Å². The molecule has 6 N–H and O–H groups in total. The molecular weight excluding hydrogens is 863 g/mol. The molecule has 2 bridgehead atoms. The van der Waals surface area contributed by atoms with Gasteiger partial charge in [0.05, 0.1) is 29.8 Å². The molecule has 358 valence electrons. The second-order valence-electron chi connectivity index (χ2n) is 17.2. The number of aliphatic hydroxyl groups excluding tert-OH is 1. The molecule has 0 spiro atoms. The van der Waals surface area contributed by atoms with Gasteiger partial charge in [-0.1, -0.05) is 72.8 Å². The zero-order valence-electron chi connectivity index (χ0n) is 39.0. The van der Waals surface area contributed by atoms with Crippen molar-refractivity contribution in [2.45, 2.75) is 64.4 Å². The highest BCUT2D eigenvalue weighted by atomic mass is 16.5. The van der Waals surface area contributed by atoms with Crippen molar-refractivity contribution in [1.82, 2.24) is 25.4 Å². The predicted octanol–water partition coefficient (Wildman–Crippen LogP) is 7.46. The summed E-state index contributed by atoms with van der Waals surface area (Å²) >= 11 is 0. The molecule has 2 atom stereocenters. The smallest absolute Gasteiger partial charge is 0.338 e. The van der Waals surface area contributed by atoms with E-state index in [1.165, 1.54) is 56.6 Å². The Labute approximate surface area is 397 Å². The summed E-state index contributed by atoms with van der Waals surface area (Å²) in [6, 6.07) is 38.5. The lowest BCUT2D eigenvalue weighted by atomic mass is 9.89. The molecule has 1 amide bonds. The van der Waals surface area contributed by atoms with Crippen LogP contribution in [0.15, 0.2) is 132 Å². The number of pyridine rings is 1. The van der Waals surface area contributed by atoms with Gasteiger partial charge < -0.3 is 50.2 Å². The molecule has 68 heavy (non-hydrogen) atoms. The number of nitrogens with one attached hydrogen (secondary N) is 3. The maximum atomic E-state index is 13.5. The van der Waals surface area contributed by atoms with Crippen LogP contribution in [-0.2, 0) is 22.7 Å². The van der Waals surface area contributed by atoms with E-state index in [-0.39, 0.29) is 61.0 Å². The topological polar surface area (TPSA) is 194 Å². The molecule has 14 nitrogen and oxygen atoms in total. The highest BCUT2D eigenvalue weighted by Gasteiger charge is 2.25. The highest BCUT2D eigenvalue weighted by molar-refractivity contribution is 5.94. The van der Waals surface area contributed by atoms with E-state index in [2.05, 4.69) is 38.7 Å². The van der Waals surface area contributed by atoms with Gasteiger partial charge in [0.1, 0.15) is 24.7 Å². The lowest BCUT2D eigenvalue weighted by Crippen LogP contribution is -2.41. The van der Waals surface area contributed by atoms with Crippen LogP contribution in [0.25, 0.3) is 10.9 Å². The average molecular weight is 926 g/mol. The summed E-state index contributed by atoms with van der Waals surface area (Å²) in [4.78, 5) is 53.3. The van der Waals surface area contributed by atoms with E-state index in [0.717, 1.165) is 28.4 Å². The summed E-state index contributed by atoms with van der Waals surface area (Å²) in [5.41, 5.74) is 5.51. The number of rotatable bonds is 17. The molecule has 14 heteroatoms. The fourth-order valence-corrected chi connectivity index (χ4v) is 8.58. The maximum absolute atomic E-state index is 13.5. The van der Waals surface area contributed by atoms with Crippen LogP contribution in [0.1, 0.15) is 93.8 Å². The Morgan fingerprint density at radius 3 is 2.10 bits per heavy atom. The van der Waals surface area contributed by atoms with Crippen molar-refractivity contribution < 1.29 is 39.2 Å². The Morgan fingerprint density at radius 2 is 1.49 bits per heavy atom. The SMILES string of the molecule is C1CN2CCC1CC2.CNC(c1ccccc1)c1cccc(OCc2ccc(C(=O)OCCN(C(=O)c3ccc(CNCC(O)c4ccc(O)c5[nH]c(=O)ccc45)cc3)C(C)C)cc2)c1.O=CO. The van der Waals surface area contributed by atoms with Gasteiger partial charge in [0.25, 0.3) is 12.4 Å². The average Bonchev–Trinajstić information content (AvgIpc) is 3.36. The molecule has 4 heterocycles. The Balaban J connectivity index is 0.000000607. The Hall–Kier alpha value is -6.84. The van der Waals surface area contributed by atoms with Crippen LogP contribution in [-0.4, -0.2) is 101 Å². The van der Waals surface area contributed by atoms with Crippen LogP contribution in [0.4, 0.5) is 0 Å². The summed E-state index contributed by atoms with van der Waals surface area (Å²) in [6.07, 6.45) is 3.57. The number of carbonyl (C=O) groups excluding carboxylic acids is 2. The summed E-state index contributed by atoms with van der Waals surface area (Å²) in [5, 5.41) is 35.0. The van der Waals surface area contributed by atoms with Crippen LogP contribution in [0, 0.1) is 5.92 Å². The number of H-pyrrole nitrogens is 1. The number of carbonyl (C=O) groups is 3. The number of piperidine rings is 3. The molecule has 1 aromatic heterocycles. The number of aromatic nitrogens is 1. The number of nitrogens with zero attached hydrogens (tertiary/aromatic N) is 2. The number of aromatic amines is 1. The van der Waals surface area contributed by atoms with E-state index in [0.29, 0.717) is 35.2 Å². The fraction of sp³-hybridized carbons (Fsp3) is 0.333. The number of aromatic hydroxyl groups is 1. The van der Waals surface area contributed by atoms with Gasteiger partial charge in [-0.3, -0.25) is 14.4 Å². The quantitative estimate of drug-likeness (QED) is 0.0392. The Bertz CT molecular complexity index is 2570. The third-order valence-corrected chi connectivity index (χ3v) is 12.4. The van der Waals surface area contributed by atoms with Crippen LogP contribution in [0.5, 0.6) is 11.5 Å². The van der Waals surface area contributed by atoms with E-state index >= 15 is 0 Å². The van der Waals surface area contributed by atoms with Gasteiger partial charge in [0.15, 0.2) is 0 Å². The lowest BCUT2D eigenvalue weighted by molar-refractivity contribution is -0.122. The van der Waals surface area contributed by atoms with E-state index in [1.807, 2.05) is 81.6 Å². The number of ether oxygens (including phenoxy) is 2. The first-order chi connectivity index (χ1) is 33.0. The number of amides is 1. The van der Waals surface area contributed by atoms with Gasteiger partial charge in [-0.15, -0.1) is 0 Å². The van der Waals surface area contributed by atoms with Crippen LogP contribution >= 0.6 is 0 Å². The number of fused-ring (bicyclic) bond motifs is 4. The minimum Gasteiger partial charge on any atom is -0.506 e. The third kappa shape index (κ3) is 14.1. The zero-order chi connectivity index (χ0) is 48.4. The van der Waals surface area contributed by atoms with E-state index < -0.39 is 12.1 Å². The van der Waals surface area contributed by atoms with Gasteiger partial charge in [0, 0.05) is 36.1 Å². The molecule has 3 aliphatic heterocycles. The van der Waals surface area contributed by atoms with Crippen molar-refractivity contribution in [3.63, 3.8) is 0 Å². The number of phenols is 1. The van der Waals surface area contributed by atoms with Gasteiger partial charge in [-0.25, -0.2) is 4.79 Å².